The van der Waals surface area contributed by atoms with Crippen LogP contribution in [0.15, 0.2) is 46.5 Å². The number of halogens is 2. The van der Waals surface area contributed by atoms with Gasteiger partial charge in [0.15, 0.2) is 22.4 Å². The van der Waals surface area contributed by atoms with Gasteiger partial charge >= 0.3 is 11.9 Å². The van der Waals surface area contributed by atoms with Crippen molar-refractivity contribution in [3.8, 4) is 0 Å². The number of hydrogen-bond donors (Lipinski definition) is 0. The molecule has 0 amide bonds. The minimum atomic E-state index is -1.68. The van der Waals surface area contributed by atoms with Crippen LogP contribution in [0.4, 0.5) is 0 Å². The molecule has 2 aliphatic rings. The number of rotatable bonds is 14. The smallest absolute Gasteiger partial charge is 0.298 e. The molecule has 2 atom stereocenters. The maximum Gasteiger partial charge on any atom is 0.373 e. The maximum atomic E-state index is 13.2. The first-order chi connectivity index (χ1) is 17.2. The molecule has 0 spiro atoms. The molecule has 0 aromatic carbocycles. The van der Waals surface area contributed by atoms with Gasteiger partial charge in [0.1, 0.15) is 0 Å². The lowest BCUT2D eigenvalue weighted by Gasteiger charge is -2.30. The summed E-state index contributed by atoms with van der Waals surface area (Å²) in [6.07, 6.45) is 16.2. The van der Waals surface area contributed by atoms with Crippen LogP contribution in [0.3, 0.4) is 0 Å². The fraction of sp³-hybridized carbons (Fsp3) is 0.571. The Bertz CT molecular complexity index is 872. The highest BCUT2D eigenvalue weighted by atomic mass is 35.5. The molecule has 0 aromatic heterocycles. The molecule has 36 heavy (non-hydrogen) atoms. The normalized spacial score (nSPS) is 23.0. The number of unbranched alkanes of at least 4 members (excludes halogenated alkanes) is 6. The summed E-state index contributed by atoms with van der Waals surface area (Å²) in [5.41, 5.74) is -3.37. The molecule has 0 N–H and O–H groups in total. The van der Waals surface area contributed by atoms with E-state index in [-0.39, 0.29) is 37.2 Å². The predicted octanol–water partition coefficient (Wildman–Crippen LogP) is 7.20. The largest absolute Gasteiger partial charge is 0.373 e. The van der Waals surface area contributed by atoms with Crippen LogP contribution < -0.4 is 0 Å². The lowest BCUT2D eigenvalue weighted by molar-refractivity contribution is -0.269. The van der Waals surface area contributed by atoms with Gasteiger partial charge < -0.3 is 0 Å². The Hall–Kier alpha value is -2.18. The van der Waals surface area contributed by atoms with Gasteiger partial charge in [-0.2, -0.15) is 0 Å². The van der Waals surface area contributed by atoms with Gasteiger partial charge in [0, 0.05) is 35.7 Å². The molecular formula is C28H36Cl2O6. The fourth-order valence-corrected chi connectivity index (χ4v) is 4.96. The van der Waals surface area contributed by atoms with E-state index in [1.165, 1.54) is 24.3 Å². The molecule has 0 aromatic rings. The summed E-state index contributed by atoms with van der Waals surface area (Å²) < 4.78 is 0. The van der Waals surface area contributed by atoms with Crippen LogP contribution in [0.25, 0.3) is 0 Å². The molecule has 0 radical (unpaired) electrons. The number of hydrogen-bond acceptors (Lipinski definition) is 6. The quantitative estimate of drug-likeness (QED) is 0.100. The SMILES string of the molecule is CCCCCCC(=O)C1(C(=O)OOC(=O)C2(C(=O)CCCCCC)C=CC=C(Cl)C2)C=CC=C(Cl)C1. The van der Waals surface area contributed by atoms with Crippen LogP contribution in [-0.2, 0) is 29.0 Å². The lowest BCUT2D eigenvalue weighted by Crippen LogP contribution is -2.43. The molecule has 0 bridgehead atoms. The topological polar surface area (TPSA) is 86.7 Å². The van der Waals surface area contributed by atoms with E-state index in [1.807, 2.05) is 0 Å². The molecule has 0 saturated carbocycles. The van der Waals surface area contributed by atoms with E-state index in [2.05, 4.69) is 13.8 Å². The molecular weight excluding hydrogens is 503 g/mol. The van der Waals surface area contributed by atoms with Crippen molar-refractivity contribution in [1.29, 1.82) is 0 Å². The van der Waals surface area contributed by atoms with Crippen LogP contribution >= 0.6 is 23.2 Å². The van der Waals surface area contributed by atoms with E-state index in [9.17, 15) is 19.2 Å². The summed E-state index contributed by atoms with van der Waals surface area (Å²) in [4.78, 5) is 62.5. The van der Waals surface area contributed by atoms with Gasteiger partial charge in [0.05, 0.1) is 0 Å². The van der Waals surface area contributed by atoms with Crippen molar-refractivity contribution in [2.24, 2.45) is 10.8 Å². The Balaban J connectivity index is 2.15. The predicted molar refractivity (Wildman–Crippen MR) is 140 cm³/mol. The third-order valence-corrected chi connectivity index (χ3v) is 7.16. The van der Waals surface area contributed by atoms with Crippen LogP contribution in [0.5, 0.6) is 0 Å². The molecule has 2 unspecified atom stereocenters. The molecule has 2 rings (SSSR count). The first-order valence-corrected chi connectivity index (χ1v) is 13.5. The number of carbonyl (C=O) groups excluding carboxylic acids is 4. The number of carbonyl (C=O) groups is 4. The van der Waals surface area contributed by atoms with Crippen LogP contribution in [0.1, 0.15) is 90.9 Å². The zero-order valence-electron chi connectivity index (χ0n) is 21.2. The van der Waals surface area contributed by atoms with Gasteiger partial charge in [-0.15, -0.1) is 0 Å². The number of allylic oxidation sites excluding steroid dienone is 6. The third kappa shape index (κ3) is 7.66. The Morgan fingerprint density at radius 2 is 1.08 bits per heavy atom. The first kappa shape index (κ1) is 30.0. The highest BCUT2D eigenvalue weighted by molar-refractivity contribution is 6.31. The zero-order chi connectivity index (χ0) is 26.6. The van der Waals surface area contributed by atoms with Crippen molar-refractivity contribution in [2.45, 2.75) is 90.9 Å². The van der Waals surface area contributed by atoms with Gasteiger partial charge in [-0.05, 0) is 25.0 Å². The summed E-state index contributed by atoms with van der Waals surface area (Å²) in [6, 6.07) is 0. The fourth-order valence-electron chi connectivity index (χ4n) is 4.39. The van der Waals surface area contributed by atoms with Crippen molar-refractivity contribution in [2.75, 3.05) is 0 Å². The van der Waals surface area contributed by atoms with Gasteiger partial charge in [-0.1, -0.05) is 99.9 Å². The van der Waals surface area contributed by atoms with E-state index in [0.717, 1.165) is 38.5 Å². The Kier molecular flexibility index (Phi) is 12.1. The molecule has 2 aliphatic carbocycles. The van der Waals surface area contributed by atoms with Crippen LogP contribution in [-0.4, -0.2) is 23.5 Å². The molecule has 8 heteroatoms. The Morgan fingerprint density at radius 1 is 0.694 bits per heavy atom. The second-order valence-electron chi connectivity index (χ2n) is 9.45. The zero-order valence-corrected chi connectivity index (χ0v) is 22.7. The minimum absolute atomic E-state index is 0.0793. The number of ketones is 2. The van der Waals surface area contributed by atoms with Gasteiger partial charge in [0.25, 0.3) is 0 Å². The summed E-state index contributed by atoms with van der Waals surface area (Å²) in [5, 5.41) is 0.627. The van der Waals surface area contributed by atoms with E-state index in [4.69, 9.17) is 33.0 Å². The molecule has 6 nitrogen and oxygen atoms in total. The second kappa shape index (κ2) is 14.5. The van der Waals surface area contributed by atoms with Crippen LogP contribution in [0, 0.1) is 10.8 Å². The standard InChI is InChI=1S/C28H36Cl2O6/c1-3-5-7-9-15-23(31)27(17-11-13-21(29)19-27)25(33)35-36-26(34)28(18-12-14-22(30)20-28)24(32)16-10-8-6-4-2/h11-14,17-18H,3-10,15-16,19-20H2,1-2H3. The van der Waals surface area contributed by atoms with Gasteiger partial charge in [-0.25, -0.2) is 19.4 Å². The molecule has 0 heterocycles. The van der Waals surface area contributed by atoms with E-state index in [0.29, 0.717) is 22.9 Å². The summed E-state index contributed by atoms with van der Waals surface area (Å²) in [6.45, 7) is 4.13. The highest BCUT2D eigenvalue weighted by Gasteiger charge is 2.50. The molecule has 0 saturated heterocycles. The second-order valence-corrected chi connectivity index (χ2v) is 10.4. The minimum Gasteiger partial charge on any atom is -0.298 e. The first-order valence-electron chi connectivity index (χ1n) is 12.8. The van der Waals surface area contributed by atoms with E-state index >= 15 is 0 Å². The van der Waals surface area contributed by atoms with Gasteiger partial charge in [0.2, 0.25) is 0 Å². The maximum absolute atomic E-state index is 13.2. The van der Waals surface area contributed by atoms with Crippen molar-refractivity contribution in [1.82, 2.24) is 0 Å². The van der Waals surface area contributed by atoms with Crippen molar-refractivity contribution >= 4 is 46.7 Å². The Labute approximate surface area is 223 Å². The lowest BCUT2D eigenvalue weighted by atomic mass is 9.75. The van der Waals surface area contributed by atoms with Crippen molar-refractivity contribution < 1.29 is 29.0 Å². The highest BCUT2D eigenvalue weighted by Crippen LogP contribution is 2.40. The van der Waals surface area contributed by atoms with Crippen molar-refractivity contribution in [3.63, 3.8) is 0 Å². The van der Waals surface area contributed by atoms with E-state index < -0.39 is 22.8 Å². The summed E-state index contributed by atoms with van der Waals surface area (Å²) in [7, 11) is 0. The third-order valence-electron chi connectivity index (χ3n) is 6.64. The monoisotopic (exact) mass is 538 g/mol. The summed E-state index contributed by atoms with van der Waals surface area (Å²) >= 11 is 12.4. The average Bonchev–Trinajstić information content (AvgIpc) is 2.86. The van der Waals surface area contributed by atoms with E-state index in [1.54, 1.807) is 12.2 Å². The Morgan fingerprint density at radius 3 is 1.42 bits per heavy atom. The van der Waals surface area contributed by atoms with Gasteiger partial charge in [-0.3, -0.25) is 9.59 Å². The van der Waals surface area contributed by atoms with Crippen LogP contribution in [0.2, 0.25) is 0 Å². The number of Topliss-reactive ketones (excluding diaryl/α,β-unsaturated/α-hetero) is 2. The summed E-state index contributed by atoms with van der Waals surface area (Å²) in [5.74, 6) is -2.78. The molecule has 198 valence electrons. The molecule has 0 aliphatic heterocycles. The van der Waals surface area contributed by atoms with Crippen molar-refractivity contribution in [3.05, 3.63) is 46.5 Å². The average molecular weight is 539 g/mol. The molecule has 0 fully saturated rings.